The van der Waals surface area contributed by atoms with Crippen LogP contribution in [0.2, 0.25) is 0 Å². The molecule has 102 valence electrons. The molecule has 1 N–H and O–H groups in total. The quantitative estimate of drug-likeness (QED) is 0.911. The molecule has 0 atom stereocenters. The van der Waals surface area contributed by atoms with Crippen LogP contribution in [0.1, 0.15) is 50.7 Å². The van der Waals surface area contributed by atoms with Crippen LogP contribution in [-0.2, 0) is 0 Å². The van der Waals surface area contributed by atoms with Gasteiger partial charge in [0.2, 0.25) is 0 Å². The van der Waals surface area contributed by atoms with Crippen LogP contribution in [0.5, 0.6) is 5.75 Å². The molecule has 0 amide bonds. The molecule has 1 aromatic carbocycles. The van der Waals surface area contributed by atoms with Crippen LogP contribution in [0.15, 0.2) is 23.0 Å². The van der Waals surface area contributed by atoms with Crippen molar-refractivity contribution in [2.24, 2.45) is 0 Å². The lowest BCUT2D eigenvalue weighted by atomic mass is 9.97. The Bertz CT molecular complexity index is 654. The van der Waals surface area contributed by atoms with E-state index in [9.17, 15) is 4.79 Å². The average molecular weight is 259 g/mol. The maximum Gasteiger partial charge on any atom is 0.251 e. The predicted octanol–water partition coefficient (Wildman–Crippen LogP) is 3.78. The first-order chi connectivity index (χ1) is 8.93. The highest BCUT2D eigenvalue weighted by molar-refractivity contribution is 5.82. The molecule has 0 aliphatic rings. The summed E-state index contributed by atoms with van der Waals surface area (Å²) in [6.07, 6.45) is 0. The lowest BCUT2D eigenvalue weighted by molar-refractivity contribution is 0.408. The molecular weight excluding hydrogens is 238 g/mol. The number of rotatable bonds is 3. The summed E-state index contributed by atoms with van der Waals surface area (Å²) in [5.41, 5.74) is 2.81. The lowest BCUT2D eigenvalue weighted by Gasteiger charge is -2.14. The number of fused-ring (bicyclic) bond motifs is 1. The molecule has 0 aliphatic carbocycles. The van der Waals surface area contributed by atoms with Gasteiger partial charge >= 0.3 is 0 Å². The average Bonchev–Trinajstić information content (AvgIpc) is 2.35. The van der Waals surface area contributed by atoms with Crippen LogP contribution < -0.4 is 10.3 Å². The highest BCUT2D eigenvalue weighted by Gasteiger charge is 2.12. The van der Waals surface area contributed by atoms with Gasteiger partial charge in [0.1, 0.15) is 5.75 Å². The Morgan fingerprint density at radius 3 is 2.11 bits per heavy atom. The number of aromatic nitrogens is 1. The highest BCUT2D eigenvalue weighted by Crippen LogP contribution is 2.30. The predicted molar refractivity (Wildman–Crippen MR) is 79.3 cm³/mol. The van der Waals surface area contributed by atoms with Crippen molar-refractivity contribution in [2.45, 2.75) is 39.5 Å². The second-order valence-electron chi connectivity index (χ2n) is 5.54. The molecule has 3 heteroatoms. The molecule has 1 heterocycles. The summed E-state index contributed by atoms with van der Waals surface area (Å²) < 4.78 is 5.41. The molecule has 2 rings (SSSR count). The third kappa shape index (κ3) is 2.50. The number of pyridine rings is 1. The first-order valence-electron chi connectivity index (χ1n) is 6.69. The molecule has 0 bridgehead atoms. The van der Waals surface area contributed by atoms with Gasteiger partial charge in [-0.3, -0.25) is 4.79 Å². The maximum atomic E-state index is 12.0. The summed E-state index contributed by atoms with van der Waals surface area (Å²) in [6, 6.07) is 6.01. The van der Waals surface area contributed by atoms with Crippen LogP contribution >= 0.6 is 0 Å². The number of benzene rings is 1. The number of hydrogen-bond donors (Lipinski definition) is 1. The topological polar surface area (TPSA) is 42.1 Å². The van der Waals surface area contributed by atoms with Gasteiger partial charge in [-0.1, -0.05) is 27.7 Å². The zero-order valence-corrected chi connectivity index (χ0v) is 12.2. The fourth-order valence-electron chi connectivity index (χ4n) is 2.33. The Kier molecular flexibility index (Phi) is 3.65. The monoisotopic (exact) mass is 259 g/mol. The number of hydrogen-bond acceptors (Lipinski definition) is 2. The number of methoxy groups -OCH3 is 1. The highest BCUT2D eigenvalue weighted by atomic mass is 16.5. The molecule has 0 radical (unpaired) electrons. The Morgan fingerprint density at radius 1 is 1.00 bits per heavy atom. The van der Waals surface area contributed by atoms with Crippen LogP contribution in [0.4, 0.5) is 0 Å². The Morgan fingerprint density at radius 2 is 1.58 bits per heavy atom. The van der Waals surface area contributed by atoms with Gasteiger partial charge in [0, 0.05) is 11.6 Å². The zero-order chi connectivity index (χ0) is 14.2. The van der Waals surface area contributed by atoms with E-state index in [1.54, 1.807) is 7.11 Å². The molecule has 1 aromatic heterocycles. The maximum absolute atomic E-state index is 12.0. The first kappa shape index (κ1) is 13.7. The SMILES string of the molecule is COc1cc2[nH]c(=O)c(C(C)C)cc2cc1C(C)C. The van der Waals surface area contributed by atoms with E-state index in [0.29, 0.717) is 5.92 Å². The van der Waals surface area contributed by atoms with Gasteiger partial charge in [0.05, 0.1) is 12.6 Å². The van der Waals surface area contributed by atoms with Crippen molar-refractivity contribution >= 4 is 10.9 Å². The largest absolute Gasteiger partial charge is 0.496 e. The number of ether oxygens (including phenoxy) is 1. The van der Waals surface area contributed by atoms with E-state index >= 15 is 0 Å². The van der Waals surface area contributed by atoms with Crippen molar-refractivity contribution in [3.05, 3.63) is 39.7 Å². The van der Waals surface area contributed by atoms with Crippen molar-refractivity contribution in [1.82, 2.24) is 4.98 Å². The van der Waals surface area contributed by atoms with Crippen LogP contribution in [0, 0.1) is 0 Å². The Hall–Kier alpha value is -1.77. The minimum atomic E-state index is -0.0122. The van der Waals surface area contributed by atoms with E-state index in [0.717, 1.165) is 27.8 Å². The fourth-order valence-corrected chi connectivity index (χ4v) is 2.33. The van der Waals surface area contributed by atoms with E-state index in [-0.39, 0.29) is 11.5 Å². The molecule has 0 aliphatic heterocycles. The van der Waals surface area contributed by atoms with E-state index in [1.807, 2.05) is 26.0 Å². The molecular formula is C16H21NO2. The van der Waals surface area contributed by atoms with E-state index in [1.165, 1.54) is 0 Å². The third-order valence-electron chi connectivity index (χ3n) is 3.47. The van der Waals surface area contributed by atoms with Gasteiger partial charge in [-0.25, -0.2) is 0 Å². The summed E-state index contributed by atoms with van der Waals surface area (Å²) in [7, 11) is 1.66. The third-order valence-corrected chi connectivity index (χ3v) is 3.47. The smallest absolute Gasteiger partial charge is 0.251 e. The fraction of sp³-hybridized carbons (Fsp3) is 0.438. The van der Waals surface area contributed by atoms with Gasteiger partial charge in [-0.15, -0.1) is 0 Å². The van der Waals surface area contributed by atoms with E-state index in [4.69, 9.17) is 4.74 Å². The summed E-state index contributed by atoms with van der Waals surface area (Å²) in [5, 5.41) is 1.06. The molecule has 0 fully saturated rings. The van der Waals surface area contributed by atoms with E-state index in [2.05, 4.69) is 24.9 Å². The van der Waals surface area contributed by atoms with Crippen molar-refractivity contribution in [3.8, 4) is 5.75 Å². The second kappa shape index (κ2) is 5.08. The molecule has 19 heavy (non-hydrogen) atoms. The van der Waals surface area contributed by atoms with Gasteiger partial charge < -0.3 is 9.72 Å². The molecule has 3 nitrogen and oxygen atoms in total. The van der Waals surface area contributed by atoms with Crippen LogP contribution in [0.25, 0.3) is 10.9 Å². The first-order valence-corrected chi connectivity index (χ1v) is 6.69. The van der Waals surface area contributed by atoms with Gasteiger partial charge in [0.15, 0.2) is 0 Å². The van der Waals surface area contributed by atoms with Crippen molar-refractivity contribution in [3.63, 3.8) is 0 Å². The van der Waals surface area contributed by atoms with Crippen molar-refractivity contribution < 1.29 is 4.74 Å². The summed E-state index contributed by atoms with van der Waals surface area (Å²) >= 11 is 0. The molecule has 0 saturated carbocycles. The molecule has 0 unspecified atom stereocenters. The minimum Gasteiger partial charge on any atom is -0.496 e. The molecule has 0 spiro atoms. The zero-order valence-electron chi connectivity index (χ0n) is 12.2. The summed E-state index contributed by atoms with van der Waals surface area (Å²) in [5.74, 6) is 1.43. The van der Waals surface area contributed by atoms with Crippen LogP contribution in [0.3, 0.4) is 0 Å². The standard InChI is InChI=1S/C16H21NO2/c1-9(2)12-6-11-7-13(10(3)4)16(18)17-14(11)8-15(12)19-5/h6-10H,1-5H3,(H,17,18). The molecule has 0 saturated heterocycles. The number of nitrogens with one attached hydrogen (secondary N) is 1. The van der Waals surface area contributed by atoms with Gasteiger partial charge in [-0.2, -0.15) is 0 Å². The summed E-state index contributed by atoms with van der Waals surface area (Å²) in [6.45, 7) is 8.34. The summed E-state index contributed by atoms with van der Waals surface area (Å²) in [4.78, 5) is 14.9. The van der Waals surface area contributed by atoms with Crippen LogP contribution in [-0.4, -0.2) is 12.1 Å². The normalized spacial score (nSPS) is 11.5. The van der Waals surface area contributed by atoms with Crippen molar-refractivity contribution in [1.29, 1.82) is 0 Å². The van der Waals surface area contributed by atoms with Gasteiger partial charge in [0.25, 0.3) is 5.56 Å². The second-order valence-corrected chi connectivity index (χ2v) is 5.54. The van der Waals surface area contributed by atoms with E-state index < -0.39 is 0 Å². The van der Waals surface area contributed by atoms with Gasteiger partial charge in [-0.05, 0) is 34.9 Å². The Balaban J connectivity index is 2.75. The van der Waals surface area contributed by atoms with Crippen molar-refractivity contribution in [2.75, 3.05) is 7.11 Å². The number of H-pyrrole nitrogens is 1. The molecule has 2 aromatic rings. The lowest BCUT2D eigenvalue weighted by Crippen LogP contribution is -2.13. The Labute approximate surface area is 113 Å². The number of aromatic amines is 1. The minimum absolute atomic E-state index is 0.0122.